The third-order valence-electron chi connectivity index (χ3n) is 2.38. The van der Waals surface area contributed by atoms with Crippen LogP contribution in [0.5, 0.6) is 0 Å². The van der Waals surface area contributed by atoms with E-state index in [0.29, 0.717) is 6.07 Å². The van der Waals surface area contributed by atoms with Crippen LogP contribution in [0.15, 0.2) is 30.3 Å². The van der Waals surface area contributed by atoms with Crippen molar-refractivity contribution in [3.8, 4) is 0 Å². The molecule has 2 rings (SSSR count). The Kier molecular flexibility index (Phi) is 2.76. The Hall–Kier alpha value is -1.72. The maximum atomic E-state index is 12.7. The summed E-state index contributed by atoms with van der Waals surface area (Å²) < 4.78 is 75.5. The summed E-state index contributed by atoms with van der Waals surface area (Å²) in [5, 5.41) is -0.408. The van der Waals surface area contributed by atoms with Crippen molar-refractivity contribution >= 4 is 10.8 Å². The number of hydrogen-bond acceptors (Lipinski definition) is 0. The van der Waals surface area contributed by atoms with Gasteiger partial charge in [-0.3, -0.25) is 0 Å². The minimum Gasteiger partial charge on any atom is -0.166 e. The molecule has 6 heteroatoms. The molecule has 0 saturated carbocycles. The number of halogens is 6. The molecule has 0 aliphatic carbocycles. The first-order chi connectivity index (χ1) is 8.19. The fourth-order valence-electron chi connectivity index (χ4n) is 1.62. The Balaban J connectivity index is 2.81. The summed E-state index contributed by atoms with van der Waals surface area (Å²) in [5.41, 5.74) is -2.82. The molecule has 0 aliphatic rings. The third-order valence-corrected chi connectivity index (χ3v) is 2.38. The quantitative estimate of drug-likeness (QED) is 0.605. The zero-order valence-electron chi connectivity index (χ0n) is 8.65. The molecule has 0 atom stereocenters. The van der Waals surface area contributed by atoms with E-state index < -0.39 is 23.5 Å². The summed E-state index contributed by atoms with van der Waals surface area (Å²) in [6, 6.07) is 7.11. The summed E-state index contributed by atoms with van der Waals surface area (Å²) in [5.74, 6) is 0. The van der Waals surface area contributed by atoms with E-state index in [4.69, 9.17) is 0 Å². The molecular weight excluding hydrogens is 258 g/mol. The second kappa shape index (κ2) is 3.90. The van der Waals surface area contributed by atoms with Crippen LogP contribution in [0.25, 0.3) is 10.8 Å². The molecule has 95 valence electrons. The van der Waals surface area contributed by atoms with Crippen LogP contribution >= 0.6 is 0 Å². The Morgan fingerprint density at radius 1 is 0.833 bits per heavy atom. The van der Waals surface area contributed by atoms with Gasteiger partial charge in [-0.15, -0.1) is 0 Å². The molecule has 0 unspecified atom stereocenters. The molecule has 2 aromatic carbocycles. The molecule has 0 spiro atoms. The third kappa shape index (κ3) is 2.27. The summed E-state index contributed by atoms with van der Waals surface area (Å²) in [4.78, 5) is 0. The molecule has 1 radical (unpaired) electrons. The van der Waals surface area contributed by atoms with Gasteiger partial charge in [0.15, 0.2) is 0 Å². The van der Waals surface area contributed by atoms with E-state index in [9.17, 15) is 26.3 Å². The Morgan fingerprint density at radius 2 is 1.44 bits per heavy atom. The standard InChI is InChI=1S/C12H5F6/c13-11(14,15)8-5-7-3-1-2-4-9(7)10(6-8)12(16,17)18/h1-5H. The zero-order valence-corrected chi connectivity index (χ0v) is 8.65. The van der Waals surface area contributed by atoms with Gasteiger partial charge in [-0.25, -0.2) is 0 Å². The Morgan fingerprint density at radius 3 is 2.00 bits per heavy atom. The normalized spacial score (nSPS) is 13.0. The summed E-state index contributed by atoms with van der Waals surface area (Å²) >= 11 is 0. The van der Waals surface area contributed by atoms with Crippen LogP contribution in [0, 0.1) is 6.07 Å². The van der Waals surface area contributed by atoms with Crippen molar-refractivity contribution in [1.82, 2.24) is 0 Å². The van der Waals surface area contributed by atoms with Crippen molar-refractivity contribution < 1.29 is 26.3 Å². The van der Waals surface area contributed by atoms with Gasteiger partial charge in [0, 0.05) is 6.07 Å². The van der Waals surface area contributed by atoms with E-state index in [-0.39, 0.29) is 10.8 Å². The molecule has 0 nitrogen and oxygen atoms in total. The van der Waals surface area contributed by atoms with Gasteiger partial charge in [0.25, 0.3) is 0 Å². The molecule has 0 aliphatic heterocycles. The van der Waals surface area contributed by atoms with Crippen LogP contribution in [-0.4, -0.2) is 0 Å². The minimum absolute atomic E-state index is 0.115. The van der Waals surface area contributed by atoms with Crippen LogP contribution in [0.4, 0.5) is 26.3 Å². The lowest BCUT2D eigenvalue weighted by atomic mass is 10.0. The van der Waals surface area contributed by atoms with Gasteiger partial charge in [0.2, 0.25) is 0 Å². The van der Waals surface area contributed by atoms with Crippen molar-refractivity contribution in [2.24, 2.45) is 0 Å². The Labute approximate surface area is 97.8 Å². The lowest BCUT2D eigenvalue weighted by molar-refractivity contribution is -0.142. The predicted octanol–water partition coefficient (Wildman–Crippen LogP) is 4.68. The van der Waals surface area contributed by atoms with Gasteiger partial charge >= 0.3 is 12.4 Å². The molecule has 0 bridgehead atoms. The van der Waals surface area contributed by atoms with E-state index in [2.05, 4.69) is 0 Å². The molecular formula is C12H5F6. The molecule has 0 aromatic heterocycles. The average molecular weight is 263 g/mol. The lowest BCUT2D eigenvalue weighted by Crippen LogP contribution is -2.11. The SMILES string of the molecule is FC(F)(F)c1[c]c(C(F)(F)F)c2ccccc2c1. The second-order valence-electron chi connectivity index (χ2n) is 3.64. The van der Waals surface area contributed by atoms with Crippen LogP contribution in [0.1, 0.15) is 11.1 Å². The van der Waals surface area contributed by atoms with E-state index in [1.54, 1.807) is 0 Å². The van der Waals surface area contributed by atoms with E-state index in [1.165, 1.54) is 24.3 Å². The highest BCUT2D eigenvalue weighted by atomic mass is 19.4. The predicted molar refractivity (Wildman–Crippen MR) is 52.8 cm³/mol. The Bertz CT molecular complexity index is 579. The van der Waals surface area contributed by atoms with Gasteiger partial charge in [0.1, 0.15) is 0 Å². The van der Waals surface area contributed by atoms with Gasteiger partial charge in [-0.05, 0) is 16.8 Å². The van der Waals surface area contributed by atoms with Crippen molar-refractivity contribution in [1.29, 1.82) is 0 Å². The van der Waals surface area contributed by atoms with Gasteiger partial charge in [-0.1, -0.05) is 24.3 Å². The number of rotatable bonds is 0. The summed E-state index contributed by atoms with van der Waals surface area (Å²) in [6.45, 7) is 0. The summed E-state index contributed by atoms with van der Waals surface area (Å²) in [6.07, 6.45) is -9.73. The molecule has 0 fully saturated rings. The number of hydrogen-bond donors (Lipinski definition) is 0. The number of benzene rings is 2. The molecule has 0 heterocycles. The highest BCUT2D eigenvalue weighted by Crippen LogP contribution is 2.39. The first-order valence-electron chi connectivity index (χ1n) is 4.79. The maximum Gasteiger partial charge on any atom is 0.417 e. The van der Waals surface area contributed by atoms with Crippen LogP contribution in [-0.2, 0) is 12.4 Å². The van der Waals surface area contributed by atoms with Crippen LogP contribution in [0.3, 0.4) is 0 Å². The van der Waals surface area contributed by atoms with Gasteiger partial charge in [0.05, 0.1) is 11.1 Å². The lowest BCUT2D eigenvalue weighted by Gasteiger charge is -2.14. The fourth-order valence-corrected chi connectivity index (χ4v) is 1.62. The van der Waals surface area contributed by atoms with Gasteiger partial charge < -0.3 is 0 Å². The highest BCUT2D eigenvalue weighted by molar-refractivity contribution is 5.86. The van der Waals surface area contributed by atoms with E-state index in [1.807, 2.05) is 0 Å². The van der Waals surface area contributed by atoms with Crippen molar-refractivity contribution in [2.45, 2.75) is 12.4 Å². The number of alkyl halides is 6. The van der Waals surface area contributed by atoms with E-state index >= 15 is 0 Å². The first kappa shape index (κ1) is 12.7. The fraction of sp³-hybridized carbons (Fsp3) is 0.167. The zero-order chi connectivity index (χ0) is 13.6. The monoisotopic (exact) mass is 263 g/mol. The molecule has 0 N–H and O–H groups in total. The van der Waals surface area contributed by atoms with Crippen molar-refractivity contribution in [3.05, 3.63) is 47.5 Å². The largest absolute Gasteiger partial charge is 0.417 e. The topological polar surface area (TPSA) is 0 Å². The number of fused-ring (bicyclic) bond motifs is 1. The maximum absolute atomic E-state index is 12.7. The molecule has 0 amide bonds. The van der Waals surface area contributed by atoms with Gasteiger partial charge in [-0.2, -0.15) is 26.3 Å². The smallest absolute Gasteiger partial charge is 0.166 e. The molecule has 0 saturated heterocycles. The van der Waals surface area contributed by atoms with Crippen molar-refractivity contribution in [3.63, 3.8) is 0 Å². The van der Waals surface area contributed by atoms with E-state index in [0.717, 1.165) is 6.07 Å². The molecule has 2 aromatic rings. The van der Waals surface area contributed by atoms with Crippen LogP contribution < -0.4 is 0 Å². The molecule has 18 heavy (non-hydrogen) atoms. The highest BCUT2D eigenvalue weighted by Gasteiger charge is 2.38. The minimum atomic E-state index is -4.87. The summed E-state index contributed by atoms with van der Waals surface area (Å²) in [7, 11) is 0. The van der Waals surface area contributed by atoms with Crippen molar-refractivity contribution in [2.75, 3.05) is 0 Å². The first-order valence-corrected chi connectivity index (χ1v) is 4.79. The average Bonchev–Trinajstić information content (AvgIpc) is 2.25. The second-order valence-corrected chi connectivity index (χ2v) is 3.64. The van der Waals surface area contributed by atoms with Crippen LogP contribution in [0.2, 0.25) is 0 Å².